The van der Waals surface area contributed by atoms with Crippen LogP contribution in [0.15, 0.2) is 29.6 Å². The molecule has 0 aromatic carbocycles. The summed E-state index contributed by atoms with van der Waals surface area (Å²) < 4.78 is 3.56. The van der Waals surface area contributed by atoms with Gasteiger partial charge in [0.15, 0.2) is 0 Å². The van der Waals surface area contributed by atoms with E-state index in [-0.39, 0.29) is 5.56 Å². The number of rotatable bonds is 3. The van der Waals surface area contributed by atoms with Crippen LogP contribution in [0.1, 0.15) is 23.9 Å². The molecule has 0 unspecified atom stereocenters. The summed E-state index contributed by atoms with van der Waals surface area (Å²) >= 11 is 0. The van der Waals surface area contributed by atoms with Gasteiger partial charge in [-0.2, -0.15) is 5.10 Å². The Labute approximate surface area is 122 Å². The van der Waals surface area contributed by atoms with Gasteiger partial charge in [-0.3, -0.25) is 19.0 Å². The monoisotopic (exact) mass is 283 g/mol. The first-order valence-corrected chi connectivity index (χ1v) is 6.94. The average Bonchev–Trinajstić information content (AvgIpc) is 2.77. The van der Waals surface area contributed by atoms with Gasteiger partial charge in [-0.15, -0.1) is 0 Å². The molecular formula is C15H17N5O. The molecule has 3 aromatic heterocycles. The highest BCUT2D eigenvalue weighted by atomic mass is 16.1. The number of nitrogens with zero attached hydrogens (tertiary/aromatic N) is 5. The summed E-state index contributed by atoms with van der Waals surface area (Å²) in [6, 6.07) is 1.74. The van der Waals surface area contributed by atoms with E-state index in [1.54, 1.807) is 29.4 Å². The van der Waals surface area contributed by atoms with Crippen molar-refractivity contribution in [2.45, 2.75) is 33.9 Å². The highest BCUT2D eigenvalue weighted by Crippen LogP contribution is 2.14. The van der Waals surface area contributed by atoms with Crippen LogP contribution in [0.4, 0.5) is 0 Å². The van der Waals surface area contributed by atoms with Crippen LogP contribution >= 0.6 is 0 Å². The third-order valence-corrected chi connectivity index (χ3v) is 3.78. The number of aromatic nitrogens is 5. The summed E-state index contributed by atoms with van der Waals surface area (Å²) in [4.78, 5) is 20.8. The Morgan fingerprint density at radius 1 is 1.29 bits per heavy atom. The number of hydrogen-bond donors (Lipinski definition) is 0. The fourth-order valence-corrected chi connectivity index (χ4v) is 2.56. The summed E-state index contributed by atoms with van der Waals surface area (Å²) in [5.41, 5.74) is 3.71. The Kier molecular flexibility index (Phi) is 3.29. The third kappa shape index (κ3) is 2.22. The predicted molar refractivity (Wildman–Crippen MR) is 80.3 cm³/mol. The molecule has 0 saturated carbocycles. The predicted octanol–water partition coefficient (Wildman–Crippen LogP) is 1.67. The topological polar surface area (TPSA) is 65.6 Å². The Morgan fingerprint density at radius 2 is 2.10 bits per heavy atom. The molecule has 6 nitrogen and oxygen atoms in total. The minimum Gasteiger partial charge on any atom is -0.294 e. The summed E-state index contributed by atoms with van der Waals surface area (Å²) in [5.74, 6) is 0. The lowest BCUT2D eigenvalue weighted by molar-refractivity contribution is 0.632. The fraction of sp³-hybridized carbons (Fsp3) is 0.333. The highest BCUT2D eigenvalue weighted by molar-refractivity contribution is 5.75. The molecule has 0 radical (unpaired) electrons. The zero-order valence-corrected chi connectivity index (χ0v) is 12.4. The lowest BCUT2D eigenvalue weighted by Gasteiger charge is -2.07. The first kappa shape index (κ1) is 13.5. The molecule has 0 aliphatic rings. The summed E-state index contributed by atoms with van der Waals surface area (Å²) in [5, 5.41) is 5.03. The summed E-state index contributed by atoms with van der Waals surface area (Å²) in [6.07, 6.45) is 4.79. The highest BCUT2D eigenvalue weighted by Gasteiger charge is 2.12. The molecular weight excluding hydrogens is 266 g/mol. The van der Waals surface area contributed by atoms with Crippen molar-refractivity contribution in [3.63, 3.8) is 0 Å². The van der Waals surface area contributed by atoms with Gasteiger partial charge < -0.3 is 0 Å². The van der Waals surface area contributed by atoms with Crippen molar-refractivity contribution in [2.75, 3.05) is 0 Å². The fourth-order valence-electron chi connectivity index (χ4n) is 2.56. The maximum absolute atomic E-state index is 12.5. The molecule has 3 rings (SSSR count). The molecule has 3 aromatic rings. The van der Waals surface area contributed by atoms with Crippen LogP contribution in [0.25, 0.3) is 10.9 Å². The minimum absolute atomic E-state index is 0.0730. The number of pyridine rings is 1. The molecule has 0 fully saturated rings. The largest absolute Gasteiger partial charge is 0.294 e. The lowest BCUT2D eigenvalue weighted by atomic mass is 10.2. The third-order valence-electron chi connectivity index (χ3n) is 3.78. The van der Waals surface area contributed by atoms with E-state index in [1.807, 2.05) is 18.5 Å². The van der Waals surface area contributed by atoms with Crippen LogP contribution in [0.2, 0.25) is 0 Å². The molecule has 0 saturated heterocycles. The van der Waals surface area contributed by atoms with Gasteiger partial charge in [0.1, 0.15) is 0 Å². The number of fused-ring (bicyclic) bond motifs is 1. The molecule has 0 atom stereocenters. The van der Waals surface area contributed by atoms with Crippen molar-refractivity contribution < 1.29 is 0 Å². The van der Waals surface area contributed by atoms with Gasteiger partial charge in [-0.05, 0) is 26.8 Å². The van der Waals surface area contributed by atoms with E-state index in [4.69, 9.17) is 0 Å². The second-order valence-electron chi connectivity index (χ2n) is 5.04. The van der Waals surface area contributed by atoms with Crippen molar-refractivity contribution >= 4 is 10.9 Å². The van der Waals surface area contributed by atoms with E-state index in [0.717, 1.165) is 23.5 Å². The molecule has 0 aliphatic carbocycles. The molecule has 108 valence electrons. The molecule has 0 aliphatic heterocycles. The van der Waals surface area contributed by atoms with Gasteiger partial charge >= 0.3 is 0 Å². The molecule has 0 N–H and O–H groups in total. The van der Waals surface area contributed by atoms with Crippen molar-refractivity contribution in [1.82, 2.24) is 24.3 Å². The second-order valence-corrected chi connectivity index (χ2v) is 5.04. The SMILES string of the molecule is CCn1nc(C)c(Cn2cnc3ccncc3c2=O)c1C. The van der Waals surface area contributed by atoms with E-state index in [9.17, 15) is 4.79 Å². The van der Waals surface area contributed by atoms with Crippen LogP contribution in [0.3, 0.4) is 0 Å². The normalized spacial score (nSPS) is 11.2. The zero-order valence-electron chi connectivity index (χ0n) is 12.4. The molecule has 0 spiro atoms. The maximum Gasteiger partial charge on any atom is 0.263 e. The second kappa shape index (κ2) is 5.12. The van der Waals surface area contributed by atoms with Gasteiger partial charge in [0.2, 0.25) is 0 Å². The lowest BCUT2D eigenvalue weighted by Crippen LogP contribution is -2.21. The van der Waals surface area contributed by atoms with E-state index < -0.39 is 0 Å². The van der Waals surface area contributed by atoms with Gasteiger partial charge in [0.05, 0.1) is 29.5 Å². The zero-order chi connectivity index (χ0) is 15.0. The Bertz CT molecular complexity index is 862. The van der Waals surface area contributed by atoms with E-state index in [0.29, 0.717) is 17.4 Å². The van der Waals surface area contributed by atoms with Gasteiger partial charge in [-0.25, -0.2) is 4.98 Å². The maximum atomic E-state index is 12.5. The Balaban J connectivity index is 2.09. The minimum atomic E-state index is -0.0730. The van der Waals surface area contributed by atoms with Crippen molar-refractivity contribution in [3.05, 3.63) is 52.1 Å². The molecule has 3 heterocycles. The van der Waals surface area contributed by atoms with E-state index >= 15 is 0 Å². The van der Waals surface area contributed by atoms with Crippen LogP contribution < -0.4 is 5.56 Å². The molecule has 21 heavy (non-hydrogen) atoms. The molecule has 0 bridgehead atoms. The first-order chi connectivity index (χ1) is 10.1. The van der Waals surface area contributed by atoms with Crippen molar-refractivity contribution in [2.24, 2.45) is 0 Å². The van der Waals surface area contributed by atoms with Gasteiger partial charge in [-0.1, -0.05) is 0 Å². The summed E-state index contributed by atoms with van der Waals surface area (Å²) in [7, 11) is 0. The van der Waals surface area contributed by atoms with E-state index in [2.05, 4.69) is 22.0 Å². The standard InChI is InChI=1S/C15H17N5O/c1-4-20-11(3)13(10(2)18-20)8-19-9-17-14-5-6-16-7-12(14)15(19)21/h5-7,9H,4,8H2,1-3H3. The average molecular weight is 283 g/mol. The smallest absolute Gasteiger partial charge is 0.263 e. The van der Waals surface area contributed by atoms with Crippen LogP contribution in [-0.4, -0.2) is 24.3 Å². The van der Waals surface area contributed by atoms with Crippen LogP contribution in [0.5, 0.6) is 0 Å². The van der Waals surface area contributed by atoms with Crippen molar-refractivity contribution in [3.8, 4) is 0 Å². The quantitative estimate of drug-likeness (QED) is 0.733. The van der Waals surface area contributed by atoms with E-state index in [1.165, 1.54) is 0 Å². The van der Waals surface area contributed by atoms with Gasteiger partial charge in [0.25, 0.3) is 5.56 Å². The van der Waals surface area contributed by atoms with Crippen LogP contribution in [0, 0.1) is 13.8 Å². The Morgan fingerprint density at radius 3 is 2.81 bits per heavy atom. The summed E-state index contributed by atoms with van der Waals surface area (Å²) in [6.45, 7) is 7.35. The van der Waals surface area contributed by atoms with Crippen molar-refractivity contribution in [1.29, 1.82) is 0 Å². The molecule has 6 heteroatoms. The Hall–Kier alpha value is -2.50. The molecule has 0 amide bonds. The van der Waals surface area contributed by atoms with Crippen LogP contribution in [-0.2, 0) is 13.1 Å². The first-order valence-electron chi connectivity index (χ1n) is 6.94. The number of hydrogen-bond acceptors (Lipinski definition) is 4. The number of aryl methyl sites for hydroxylation is 2. The van der Waals surface area contributed by atoms with Gasteiger partial charge in [0, 0.05) is 30.2 Å².